The van der Waals surface area contributed by atoms with E-state index in [4.69, 9.17) is 9.47 Å². The average molecular weight is 326 g/mol. The lowest BCUT2D eigenvalue weighted by atomic mass is 10.1. The van der Waals surface area contributed by atoms with E-state index in [0.29, 0.717) is 30.2 Å². The number of carbonyl (C=O) groups excluding carboxylic acids is 2. The minimum atomic E-state index is -0.217. The molecule has 2 aromatic rings. The van der Waals surface area contributed by atoms with Crippen LogP contribution in [0.4, 0.5) is 5.69 Å². The number of carbonyl (C=O) groups is 2. The average Bonchev–Trinajstić information content (AvgIpc) is 2.59. The molecule has 1 aliphatic heterocycles. The Bertz CT molecular complexity index is 756. The van der Waals surface area contributed by atoms with Crippen LogP contribution in [0.1, 0.15) is 15.9 Å². The summed E-state index contributed by atoms with van der Waals surface area (Å²) in [5, 5.41) is 5.47. The fraction of sp³-hybridized carbons (Fsp3) is 0.222. The standard InChI is InChI=1S/C18H18N2O4/c1-12-2-5-14(6-3-12)23-9-8-19-18(22)13-4-7-15-16(10-13)24-11-17(21)20-15/h2-7,10H,8-9,11H2,1H3,(H,19,22)(H,20,21). The molecule has 0 saturated carbocycles. The summed E-state index contributed by atoms with van der Waals surface area (Å²) in [6.45, 7) is 2.74. The Kier molecular flexibility index (Phi) is 4.65. The quantitative estimate of drug-likeness (QED) is 0.825. The van der Waals surface area contributed by atoms with Gasteiger partial charge in [0.15, 0.2) is 6.61 Å². The minimum absolute atomic E-state index is 0.0392. The van der Waals surface area contributed by atoms with Crippen LogP contribution < -0.4 is 20.1 Å². The first kappa shape index (κ1) is 15.9. The molecule has 0 saturated heterocycles. The molecule has 24 heavy (non-hydrogen) atoms. The number of anilines is 1. The highest BCUT2D eigenvalue weighted by Gasteiger charge is 2.17. The maximum atomic E-state index is 12.1. The molecule has 0 unspecified atom stereocenters. The van der Waals surface area contributed by atoms with Crippen molar-refractivity contribution in [3.8, 4) is 11.5 Å². The molecular weight excluding hydrogens is 308 g/mol. The molecule has 0 aromatic heterocycles. The van der Waals surface area contributed by atoms with Crippen molar-refractivity contribution in [1.82, 2.24) is 5.32 Å². The molecule has 0 spiro atoms. The van der Waals surface area contributed by atoms with E-state index in [9.17, 15) is 9.59 Å². The molecule has 2 aromatic carbocycles. The smallest absolute Gasteiger partial charge is 0.262 e. The number of hydrogen-bond donors (Lipinski definition) is 2. The van der Waals surface area contributed by atoms with Crippen molar-refractivity contribution >= 4 is 17.5 Å². The van der Waals surface area contributed by atoms with E-state index in [0.717, 1.165) is 5.75 Å². The van der Waals surface area contributed by atoms with Gasteiger partial charge >= 0.3 is 0 Å². The normalized spacial score (nSPS) is 12.6. The topological polar surface area (TPSA) is 76.7 Å². The van der Waals surface area contributed by atoms with E-state index in [1.54, 1.807) is 18.2 Å². The summed E-state index contributed by atoms with van der Waals surface area (Å²) in [6.07, 6.45) is 0. The highest BCUT2D eigenvalue weighted by atomic mass is 16.5. The zero-order valence-electron chi connectivity index (χ0n) is 13.3. The molecule has 124 valence electrons. The third kappa shape index (κ3) is 3.84. The third-order valence-corrected chi connectivity index (χ3v) is 3.55. The van der Waals surface area contributed by atoms with Gasteiger partial charge in [0.25, 0.3) is 11.8 Å². The second kappa shape index (κ2) is 7.04. The molecule has 2 amide bonds. The first-order valence-electron chi connectivity index (χ1n) is 7.66. The van der Waals surface area contributed by atoms with Gasteiger partial charge in [0.05, 0.1) is 12.2 Å². The largest absolute Gasteiger partial charge is 0.492 e. The van der Waals surface area contributed by atoms with Crippen LogP contribution in [0.3, 0.4) is 0 Å². The second-order valence-electron chi connectivity index (χ2n) is 5.47. The maximum absolute atomic E-state index is 12.1. The van der Waals surface area contributed by atoms with Crippen LogP contribution in [-0.4, -0.2) is 31.6 Å². The Balaban J connectivity index is 1.50. The van der Waals surface area contributed by atoms with Gasteiger partial charge < -0.3 is 20.1 Å². The molecule has 1 aliphatic rings. The number of hydrogen-bond acceptors (Lipinski definition) is 4. The number of aryl methyl sites for hydroxylation is 1. The Morgan fingerprint density at radius 1 is 1.25 bits per heavy atom. The van der Waals surface area contributed by atoms with E-state index >= 15 is 0 Å². The third-order valence-electron chi connectivity index (χ3n) is 3.55. The van der Waals surface area contributed by atoms with Crippen LogP contribution in [0.5, 0.6) is 11.5 Å². The van der Waals surface area contributed by atoms with Gasteiger partial charge in [-0.3, -0.25) is 9.59 Å². The summed E-state index contributed by atoms with van der Waals surface area (Å²) in [6, 6.07) is 12.6. The summed E-state index contributed by atoms with van der Waals surface area (Å²) in [4.78, 5) is 23.4. The van der Waals surface area contributed by atoms with E-state index in [-0.39, 0.29) is 18.4 Å². The highest BCUT2D eigenvalue weighted by Crippen LogP contribution is 2.28. The molecule has 1 heterocycles. The lowest BCUT2D eigenvalue weighted by molar-refractivity contribution is -0.118. The van der Waals surface area contributed by atoms with E-state index < -0.39 is 0 Å². The zero-order chi connectivity index (χ0) is 16.9. The van der Waals surface area contributed by atoms with Crippen LogP contribution in [0.15, 0.2) is 42.5 Å². The molecule has 0 aliphatic carbocycles. The number of rotatable bonds is 5. The van der Waals surface area contributed by atoms with Crippen LogP contribution in [-0.2, 0) is 4.79 Å². The number of nitrogens with one attached hydrogen (secondary N) is 2. The maximum Gasteiger partial charge on any atom is 0.262 e. The van der Waals surface area contributed by atoms with Gasteiger partial charge in [-0.1, -0.05) is 17.7 Å². The van der Waals surface area contributed by atoms with E-state index in [2.05, 4.69) is 10.6 Å². The SMILES string of the molecule is Cc1ccc(OCCNC(=O)c2ccc3c(c2)OCC(=O)N3)cc1. The number of amides is 2. The molecular formula is C18H18N2O4. The van der Waals surface area contributed by atoms with Crippen molar-refractivity contribution in [1.29, 1.82) is 0 Å². The summed E-state index contributed by atoms with van der Waals surface area (Å²) >= 11 is 0. The van der Waals surface area contributed by atoms with Gasteiger partial charge in [-0.15, -0.1) is 0 Å². The molecule has 0 bridgehead atoms. The summed E-state index contributed by atoms with van der Waals surface area (Å²) in [5.74, 6) is 0.852. The Morgan fingerprint density at radius 2 is 2.04 bits per heavy atom. The van der Waals surface area contributed by atoms with Gasteiger partial charge in [0.1, 0.15) is 18.1 Å². The molecule has 0 atom stereocenters. The van der Waals surface area contributed by atoms with Crippen molar-refractivity contribution in [2.45, 2.75) is 6.92 Å². The van der Waals surface area contributed by atoms with Crippen molar-refractivity contribution in [3.05, 3.63) is 53.6 Å². The van der Waals surface area contributed by atoms with Crippen LogP contribution >= 0.6 is 0 Å². The van der Waals surface area contributed by atoms with Gasteiger partial charge in [-0.05, 0) is 37.3 Å². The minimum Gasteiger partial charge on any atom is -0.492 e. The van der Waals surface area contributed by atoms with Crippen molar-refractivity contribution < 1.29 is 19.1 Å². The molecule has 2 N–H and O–H groups in total. The first-order valence-corrected chi connectivity index (χ1v) is 7.66. The lowest BCUT2D eigenvalue weighted by Gasteiger charge is -2.18. The predicted molar refractivity (Wildman–Crippen MR) is 89.6 cm³/mol. The fourth-order valence-corrected chi connectivity index (χ4v) is 2.29. The monoisotopic (exact) mass is 326 g/mol. The van der Waals surface area contributed by atoms with Crippen LogP contribution in [0.25, 0.3) is 0 Å². The molecule has 3 rings (SSSR count). The van der Waals surface area contributed by atoms with Gasteiger partial charge in [-0.2, -0.15) is 0 Å². The van der Waals surface area contributed by atoms with Crippen molar-refractivity contribution in [2.24, 2.45) is 0 Å². The lowest BCUT2D eigenvalue weighted by Crippen LogP contribution is -2.29. The Labute approximate surface area is 139 Å². The number of benzene rings is 2. The fourth-order valence-electron chi connectivity index (χ4n) is 2.29. The predicted octanol–water partition coefficient (Wildman–Crippen LogP) is 2.13. The summed E-state index contributed by atoms with van der Waals surface area (Å²) in [5.41, 5.74) is 2.22. The van der Waals surface area contributed by atoms with E-state index in [1.165, 1.54) is 5.56 Å². The Morgan fingerprint density at radius 3 is 2.83 bits per heavy atom. The summed E-state index contributed by atoms with van der Waals surface area (Å²) in [7, 11) is 0. The molecule has 6 nitrogen and oxygen atoms in total. The van der Waals surface area contributed by atoms with Crippen LogP contribution in [0.2, 0.25) is 0 Å². The van der Waals surface area contributed by atoms with Gasteiger partial charge in [0, 0.05) is 5.56 Å². The zero-order valence-corrected chi connectivity index (χ0v) is 13.3. The van der Waals surface area contributed by atoms with Gasteiger partial charge in [0.2, 0.25) is 0 Å². The van der Waals surface area contributed by atoms with Crippen molar-refractivity contribution in [2.75, 3.05) is 25.1 Å². The molecule has 0 fully saturated rings. The first-order chi connectivity index (χ1) is 11.6. The van der Waals surface area contributed by atoms with Gasteiger partial charge in [-0.25, -0.2) is 0 Å². The second-order valence-corrected chi connectivity index (χ2v) is 5.47. The van der Waals surface area contributed by atoms with E-state index in [1.807, 2.05) is 31.2 Å². The number of fused-ring (bicyclic) bond motifs is 1. The molecule has 6 heteroatoms. The van der Waals surface area contributed by atoms with Crippen molar-refractivity contribution in [3.63, 3.8) is 0 Å². The number of ether oxygens (including phenoxy) is 2. The summed E-state index contributed by atoms with van der Waals surface area (Å²) < 4.78 is 10.9. The Hall–Kier alpha value is -3.02. The highest BCUT2D eigenvalue weighted by molar-refractivity contribution is 5.98. The molecule has 0 radical (unpaired) electrons. The van der Waals surface area contributed by atoms with Crippen LogP contribution in [0, 0.1) is 6.92 Å².